The predicted molar refractivity (Wildman–Crippen MR) is 199 cm³/mol. The second-order valence-electron chi connectivity index (χ2n) is 12.9. The number of ether oxygens (including phenoxy) is 6. The van der Waals surface area contributed by atoms with Crippen molar-refractivity contribution in [3.8, 4) is 0 Å². The second-order valence-corrected chi connectivity index (χ2v) is 12.9. The number of nitrogens with zero attached hydrogens (tertiary/aromatic N) is 3. The van der Waals surface area contributed by atoms with Crippen LogP contribution in [0.5, 0.6) is 0 Å². The van der Waals surface area contributed by atoms with Gasteiger partial charge in [-0.15, -0.1) is 0 Å². The number of carbonyl (C=O) groups is 2. The van der Waals surface area contributed by atoms with Crippen molar-refractivity contribution in [1.29, 1.82) is 0 Å². The van der Waals surface area contributed by atoms with Crippen LogP contribution in [0.4, 0.5) is 17.1 Å². The van der Waals surface area contributed by atoms with Crippen molar-refractivity contribution in [2.45, 2.75) is 19.6 Å². The Balaban J connectivity index is 1.48. The van der Waals surface area contributed by atoms with E-state index in [4.69, 9.17) is 28.4 Å². The van der Waals surface area contributed by atoms with Gasteiger partial charge < -0.3 is 48.2 Å². The first kappa shape index (κ1) is 41.2. The van der Waals surface area contributed by atoms with E-state index in [2.05, 4.69) is 0 Å². The lowest BCUT2D eigenvalue weighted by atomic mass is 9.88. The van der Waals surface area contributed by atoms with Crippen molar-refractivity contribution < 1.29 is 43.1 Å². The average molecular weight is 710 g/mol. The molecule has 1 atom stereocenters. The first-order chi connectivity index (χ1) is 24.4. The molecule has 0 fully saturated rings. The summed E-state index contributed by atoms with van der Waals surface area (Å²) in [7, 11) is 11.6. The van der Waals surface area contributed by atoms with Crippen LogP contribution < -0.4 is 14.7 Å². The van der Waals surface area contributed by atoms with Crippen molar-refractivity contribution in [3.05, 3.63) is 89.5 Å². The summed E-state index contributed by atoms with van der Waals surface area (Å²) in [4.78, 5) is 30.9. The third-order valence-corrected chi connectivity index (χ3v) is 8.33. The SMILES string of the molecule is CCC(COCCOC(=O)c1ccc(N(C)C)cc1)(COCCOC(=O)c1ccc(N(C)C)cc1)COCCOC(O)c1ccc(N(C)C)cc1. The number of esters is 2. The molecular formula is C39H55N3O9. The molecule has 12 heteroatoms. The monoisotopic (exact) mass is 709 g/mol. The number of aliphatic hydroxyl groups is 1. The number of aliphatic hydroxyl groups excluding tert-OH is 1. The Labute approximate surface area is 302 Å². The lowest BCUT2D eigenvalue weighted by Crippen LogP contribution is -2.38. The lowest BCUT2D eigenvalue weighted by Gasteiger charge is -2.32. The quantitative estimate of drug-likeness (QED) is 0.0806. The van der Waals surface area contributed by atoms with Crippen molar-refractivity contribution in [1.82, 2.24) is 0 Å². The zero-order valence-electron chi connectivity index (χ0n) is 31.1. The fourth-order valence-corrected chi connectivity index (χ4v) is 4.89. The maximum atomic E-state index is 12.5. The molecule has 0 radical (unpaired) electrons. The number of anilines is 3. The topological polar surface area (TPSA) is 119 Å². The highest BCUT2D eigenvalue weighted by Crippen LogP contribution is 2.25. The van der Waals surface area contributed by atoms with Gasteiger partial charge in [0.05, 0.1) is 57.4 Å². The van der Waals surface area contributed by atoms with Gasteiger partial charge in [0.2, 0.25) is 0 Å². The van der Waals surface area contributed by atoms with Crippen molar-refractivity contribution in [2.75, 3.05) is 116 Å². The van der Waals surface area contributed by atoms with E-state index >= 15 is 0 Å². The molecular weight excluding hydrogens is 654 g/mol. The van der Waals surface area contributed by atoms with Gasteiger partial charge in [-0.3, -0.25) is 0 Å². The van der Waals surface area contributed by atoms with E-state index in [1.165, 1.54) is 0 Å². The number of rotatable bonds is 23. The summed E-state index contributed by atoms with van der Waals surface area (Å²) >= 11 is 0. The molecule has 0 aromatic heterocycles. The van der Waals surface area contributed by atoms with Crippen LogP contribution in [0.1, 0.15) is 45.9 Å². The van der Waals surface area contributed by atoms with E-state index in [0.717, 1.165) is 17.1 Å². The summed E-state index contributed by atoms with van der Waals surface area (Å²) < 4.78 is 34.4. The molecule has 0 spiro atoms. The first-order valence-corrected chi connectivity index (χ1v) is 17.1. The molecule has 0 bridgehead atoms. The van der Waals surface area contributed by atoms with E-state index < -0.39 is 23.6 Å². The normalized spacial score (nSPS) is 11.9. The average Bonchev–Trinajstić information content (AvgIpc) is 3.13. The molecule has 51 heavy (non-hydrogen) atoms. The fraction of sp³-hybridized carbons (Fsp3) is 0.487. The molecule has 1 unspecified atom stereocenters. The minimum atomic E-state index is -1.07. The van der Waals surface area contributed by atoms with Crippen LogP contribution in [0.2, 0.25) is 0 Å². The highest BCUT2D eigenvalue weighted by atomic mass is 16.6. The van der Waals surface area contributed by atoms with Crippen molar-refractivity contribution in [2.24, 2.45) is 5.41 Å². The standard InChI is InChI=1S/C39H55N3O9/c1-8-39(27-46-21-24-49-36(43)30-9-15-33(16-10-30)40(2)3,28-47-22-25-50-37(44)31-11-17-34(18-12-31)41(4)5)29-48-23-26-51-38(45)32-13-19-35(20-14-32)42(6)7/h9-20,36,43H,8,21-29H2,1-7H3. The lowest BCUT2D eigenvalue weighted by molar-refractivity contribution is -0.127. The van der Waals surface area contributed by atoms with Gasteiger partial charge in [-0.2, -0.15) is 0 Å². The van der Waals surface area contributed by atoms with Crippen LogP contribution in [-0.4, -0.2) is 119 Å². The molecule has 0 saturated carbocycles. The van der Waals surface area contributed by atoms with E-state index in [9.17, 15) is 14.7 Å². The van der Waals surface area contributed by atoms with Gasteiger partial charge in [0.1, 0.15) is 13.2 Å². The molecule has 0 aliphatic rings. The third-order valence-electron chi connectivity index (χ3n) is 8.33. The van der Waals surface area contributed by atoms with Gasteiger partial charge in [0.15, 0.2) is 6.29 Å². The Bertz CT molecular complexity index is 1370. The first-order valence-electron chi connectivity index (χ1n) is 17.1. The maximum absolute atomic E-state index is 12.5. The summed E-state index contributed by atoms with van der Waals surface area (Å²) in [5.41, 5.74) is 4.04. The van der Waals surface area contributed by atoms with E-state index in [-0.39, 0.29) is 59.5 Å². The number of carbonyl (C=O) groups excluding carboxylic acids is 2. The van der Waals surface area contributed by atoms with Crippen LogP contribution in [0.15, 0.2) is 72.8 Å². The van der Waals surface area contributed by atoms with Gasteiger partial charge in [0.25, 0.3) is 0 Å². The highest BCUT2D eigenvalue weighted by molar-refractivity contribution is 5.90. The molecule has 0 heterocycles. The van der Waals surface area contributed by atoms with Crippen molar-refractivity contribution in [3.63, 3.8) is 0 Å². The van der Waals surface area contributed by atoms with Crippen LogP contribution >= 0.6 is 0 Å². The smallest absolute Gasteiger partial charge is 0.338 e. The molecule has 3 rings (SSSR count). The zero-order chi connectivity index (χ0) is 37.2. The molecule has 1 N–H and O–H groups in total. The predicted octanol–water partition coefficient (Wildman–Crippen LogP) is 5.05. The highest BCUT2D eigenvalue weighted by Gasteiger charge is 2.30. The van der Waals surface area contributed by atoms with Crippen LogP contribution in [0.25, 0.3) is 0 Å². The molecule has 0 aliphatic carbocycles. The number of benzene rings is 3. The fourth-order valence-electron chi connectivity index (χ4n) is 4.89. The van der Waals surface area contributed by atoms with E-state index in [1.807, 2.05) is 112 Å². The van der Waals surface area contributed by atoms with Gasteiger partial charge in [-0.25, -0.2) is 9.59 Å². The van der Waals surface area contributed by atoms with E-state index in [0.29, 0.717) is 23.1 Å². The zero-order valence-corrected chi connectivity index (χ0v) is 31.1. The van der Waals surface area contributed by atoms with E-state index in [1.54, 1.807) is 24.3 Å². The van der Waals surface area contributed by atoms with Crippen molar-refractivity contribution >= 4 is 29.0 Å². The Morgan fingerprint density at radius 2 is 0.922 bits per heavy atom. The minimum Gasteiger partial charge on any atom is -0.460 e. The Morgan fingerprint density at radius 1 is 0.569 bits per heavy atom. The van der Waals surface area contributed by atoms with Gasteiger partial charge >= 0.3 is 11.9 Å². The Kier molecular flexibility index (Phi) is 17.2. The molecule has 0 aliphatic heterocycles. The molecule has 0 amide bonds. The number of hydrogen-bond donors (Lipinski definition) is 1. The third kappa shape index (κ3) is 13.8. The molecule has 3 aromatic carbocycles. The minimum absolute atomic E-state index is 0.0858. The molecule has 280 valence electrons. The summed E-state index contributed by atoms with van der Waals surface area (Å²) in [6.45, 7) is 3.82. The molecule has 12 nitrogen and oxygen atoms in total. The second kappa shape index (κ2) is 21.2. The largest absolute Gasteiger partial charge is 0.460 e. The van der Waals surface area contributed by atoms with Crippen LogP contribution in [0.3, 0.4) is 0 Å². The molecule has 3 aromatic rings. The summed E-state index contributed by atoms with van der Waals surface area (Å²) in [5.74, 6) is -0.840. The van der Waals surface area contributed by atoms with Crippen LogP contribution in [-0.2, 0) is 28.4 Å². The van der Waals surface area contributed by atoms with Gasteiger partial charge in [0, 0.05) is 70.3 Å². The Hall–Kier alpha value is -4.20. The Morgan fingerprint density at radius 3 is 1.27 bits per heavy atom. The molecule has 0 saturated heterocycles. The van der Waals surface area contributed by atoms with Crippen LogP contribution in [0, 0.1) is 5.41 Å². The number of hydrogen-bond acceptors (Lipinski definition) is 12. The van der Waals surface area contributed by atoms with Gasteiger partial charge in [-0.05, 0) is 67.1 Å². The summed E-state index contributed by atoms with van der Waals surface area (Å²) in [5, 5.41) is 10.5. The van der Waals surface area contributed by atoms with Gasteiger partial charge in [-0.1, -0.05) is 19.1 Å². The summed E-state index contributed by atoms with van der Waals surface area (Å²) in [6.07, 6.45) is -0.417. The summed E-state index contributed by atoms with van der Waals surface area (Å²) in [6, 6.07) is 21.9. The maximum Gasteiger partial charge on any atom is 0.338 e.